The minimum Gasteiger partial charge on any atom is -0.508 e. The van der Waals surface area contributed by atoms with E-state index in [0.717, 1.165) is 44.2 Å². The van der Waals surface area contributed by atoms with E-state index in [-0.39, 0.29) is 5.41 Å². The second-order valence-corrected chi connectivity index (χ2v) is 10.4. The van der Waals surface area contributed by atoms with E-state index >= 15 is 0 Å². The Hall–Kier alpha value is -2.66. The normalized spacial score (nSPS) is 33.4. The third-order valence-corrected chi connectivity index (χ3v) is 9.01. The van der Waals surface area contributed by atoms with Crippen LogP contribution in [0.1, 0.15) is 67.3 Å². The summed E-state index contributed by atoms with van der Waals surface area (Å²) in [5, 5.41) is 30.8. The molecule has 32 heavy (non-hydrogen) atoms. The smallest absolute Gasteiger partial charge is 0.116 e. The summed E-state index contributed by atoms with van der Waals surface area (Å²) in [7, 11) is 0. The molecule has 1 aromatic heterocycles. The number of nitrogens with zero attached hydrogens (tertiary/aromatic N) is 3. The van der Waals surface area contributed by atoms with Crippen molar-refractivity contribution in [1.29, 1.82) is 0 Å². The summed E-state index contributed by atoms with van der Waals surface area (Å²) >= 11 is 0. The highest BCUT2D eigenvalue weighted by atomic mass is 16.3. The average molecular weight is 430 g/mol. The van der Waals surface area contributed by atoms with Crippen molar-refractivity contribution in [3.05, 3.63) is 77.1 Å². The summed E-state index contributed by atoms with van der Waals surface area (Å²) in [6.45, 7) is 2.96. The molecule has 6 rings (SSSR count). The van der Waals surface area contributed by atoms with Crippen molar-refractivity contribution >= 4 is 0 Å². The quantitative estimate of drug-likeness (QED) is 0.629. The molecule has 0 spiro atoms. The molecule has 2 aromatic carbocycles. The average Bonchev–Trinajstić information content (AvgIpc) is 3.37. The van der Waals surface area contributed by atoms with Gasteiger partial charge in [0.05, 0.1) is 12.7 Å². The molecule has 0 unspecified atom stereocenters. The van der Waals surface area contributed by atoms with Crippen LogP contribution in [0.25, 0.3) is 0 Å². The van der Waals surface area contributed by atoms with Gasteiger partial charge in [-0.2, -0.15) is 0 Å². The Balaban J connectivity index is 1.28. The van der Waals surface area contributed by atoms with E-state index in [4.69, 9.17) is 0 Å². The van der Waals surface area contributed by atoms with Crippen LogP contribution in [0.4, 0.5) is 0 Å². The van der Waals surface area contributed by atoms with Crippen LogP contribution in [0.2, 0.25) is 0 Å². The Morgan fingerprint density at radius 1 is 1.06 bits per heavy atom. The van der Waals surface area contributed by atoms with Crippen LogP contribution in [-0.2, 0) is 18.6 Å². The van der Waals surface area contributed by atoms with Crippen molar-refractivity contribution < 1.29 is 10.2 Å². The number of phenolic OH excluding ortho intramolecular Hbond substituents is 1. The van der Waals surface area contributed by atoms with E-state index in [9.17, 15) is 10.2 Å². The molecule has 0 radical (unpaired) electrons. The molecule has 2 saturated carbocycles. The lowest BCUT2D eigenvalue weighted by Crippen LogP contribution is -2.49. The number of aliphatic hydroxyl groups is 1. The van der Waals surface area contributed by atoms with Gasteiger partial charge in [0.2, 0.25) is 0 Å². The Kier molecular flexibility index (Phi) is 4.48. The zero-order valence-corrected chi connectivity index (χ0v) is 18.6. The second kappa shape index (κ2) is 7.17. The molecule has 3 aromatic rings. The Bertz CT molecular complexity index is 1140. The number of rotatable bonds is 3. The number of aromatic hydroxyl groups is 1. The van der Waals surface area contributed by atoms with Crippen molar-refractivity contribution in [2.45, 2.75) is 63.5 Å². The third-order valence-electron chi connectivity index (χ3n) is 9.01. The maximum Gasteiger partial charge on any atom is 0.116 e. The highest BCUT2D eigenvalue weighted by Crippen LogP contribution is 2.66. The van der Waals surface area contributed by atoms with E-state index in [0.29, 0.717) is 30.0 Å². The number of aryl methyl sites for hydroxylation is 1. The highest BCUT2D eigenvalue weighted by molar-refractivity contribution is 5.40. The highest BCUT2D eigenvalue weighted by Gasteiger charge is 2.63. The summed E-state index contributed by atoms with van der Waals surface area (Å²) in [5.41, 5.74) is 3.54. The number of aromatic nitrogens is 3. The van der Waals surface area contributed by atoms with Crippen LogP contribution in [0.5, 0.6) is 5.75 Å². The van der Waals surface area contributed by atoms with Gasteiger partial charge < -0.3 is 10.2 Å². The van der Waals surface area contributed by atoms with Gasteiger partial charge in [0.25, 0.3) is 0 Å². The standard InChI is InChI=1S/C27H31N3O2/c1-26-13-11-22-21-10-8-20(31)15-19(21)7-9-23(22)24(26)12-14-27(26,32)25-17-30(29-28-25)16-18-5-3-2-4-6-18/h2-6,8,10,15,17,22-24,31-32H,7,9,11-14,16H2,1H3/t22-,23-,24+,26+,27-/m1/s1. The summed E-state index contributed by atoms with van der Waals surface area (Å²) in [5.74, 6) is 1.97. The molecule has 0 bridgehead atoms. The molecule has 0 aliphatic heterocycles. The van der Waals surface area contributed by atoms with Gasteiger partial charge in [0.15, 0.2) is 0 Å². The molecule has 5 nitrogen and oxygen atoms in total. The van der Waals surface area contributed by atoms with E-state index in [1.54, 1.807) is 0 Å². The summed E-state index contributed by atoms with van der Waals surface area (Å²) < 4.78 is 1.86. The third kappa shape index (κ3) is 2.87. The van der Waals surface area contributed by atoms with Gasteiger partial charge >= 0.3 is 0 Å². The van der Waals surface area contributed by atoms with Gasteiger partial charge in [-0.05, 0) is 85.1 Å². The fraction of sp³-hybridized carbons (Fsp3) is 0.481. The van der Waals surface area contributed by atoms with E-state index < -0.39 is 5.60 Å². The van der Waals surface area contributed by atoms with Gasteiger partial charge in [-0.15, -0.1) is 5.10 Å². The molecule has 0 saturated heterocycles. The van der Waals surface area contributed by atoms with E-state index in [1.165, 1.54) is 16.7 Å². The number of benzene rings is 2. The topological polar surface area (TPSA) is 71.2 Å². The minimum absolute atomic E-state index is 0.184. The van der Waals surface area contributed by atoms with Crippen molar-refractivity contribution in [3.63, 3.8) is 0 Å². The van der Waals surface area contributed by atoms with Crippen molar-refractivity contribution in [1.82, 2.24) is 15.0 Å². The fourth-order valence-corrected chi connectivity index (χ4v) is 7.34. The predicted molar refractivity (Wildman–Crippen MR) is 122 cm³/mol. The first kappa shape index (κ1) is 20.0. The molecule has 3 aliphatic carbocycles. The van der Waals surface area contributed by atoms with E-state index in [2.05, 4.69) is 35.4 Å². The molecule has 5 heteroatoms. The maximum absolute atomic E-state index is 12.1. The van der Waals surface area contributed by atoms with Gasteiger partial charge in [-0.3, -0.25) is 0 Å². The zero-order chi connectivity index (χ0) is 21.9. The first-order valence-corrected chi connectivity index (χ1v) is 12.0. The minimum atomic E-state index is -0.924. The Morgan fingerprint density at radius 3 is 2.75 bits per heavy atom. The van der Waals surface area contributed by atoms with Gasteiger partial charge in [-0.1, -0.05) is 48.5 Å². The lowest BCUT2D eigenvalue weighted by Gasteiger charge is -2.52. The number of hydrogen-bond donors (Lipinski definition) is 2. The summed E-state index contributed by atoms with van der Waals surface area (Å²) in [4.78, 5) is 0. The van der Waals surface area contributed by atoms with Crippen LogP contribution in [0, 0.1) is 17.3 Å². The van der Waals surface area contributed by atoms with Crippen molar-refractivity contribution in [2.75, 3.05) is 0 Å². The van der Waals surface area contributed by atoms with Crippen LogP contribution >= 0.6 is 0 Å². The lowest BCUT2D eigenvalue weighted by atomic mass is 9.53. The first-order chi connectivity index (χ1) is 15.5. The van der Waals surface area contributed by atoms with Crippen LogP contribution in [0.3, 0.4) is 0 Å². The summed E-state index contributed by atoms with van der Waals surface area (Å²) in [6, 6.07) is 16.2. The van der Waals surface area contributed by atoms with Gasteiger partial charge in [0.1, 0.15) is 17.0 Å². The van der Waals surface area contributed by atoms with Crippen LogP contribution in [-0.4, -0.2) is 25.2 Å². The van der Waals surface area contributed by atoms with Crippen LogP contribution < -0.4 is 0 Å². The monoisotopic (exact) mass is 429 g/mol. The van der Waals surface area contributed by atoms with E-state index in [1.807, 2.05) is 41.2 Å². The van der Waals surface area contributed by atoms with Crippen LogP contribution in [0.15, 0.2) is 54.7 Å². The molecule has 2 N–H and O–H groups in total. The Labute approximate surface area is 189 Å². The molecule has 166 valence electrons. The molecular weight excluding hydrogens is 398 g/mol. The first-order valence-electron chi connectivity index (χ1n) is 12.0. The SMILES string of the molecule is C[C@]12CC[C@@H]3c4ccc(O)cc4CC[C@H]3[C@@H]1CC[C@@]2(O)c1cn(Cc2ccccc2)nn1. The van der Waals surface area contributed by atoms with Gasteiger partial charge in [0, 0.05) is 5.41 Å². The molecule has 3 aliphatic rings. The van der Waals surface area contributed by atoms with Crippen molar-refractivity contribution in [3.8, 4) is 5.75 Å². The largest absolute Gasteiger partial charge is 0.508 e. The molecule has 0 amide bonds. The Morgan fingerprint density at radius 2 is 1.91 bits per heavy atom. The number of hydrogen-bond acceptors (Lipinski definition) is 4. The second-order valence-electron chi connectivity index (χ2n) is 10.4. The molecular formula is C27H31N3O2. The lowest BCUT2D eigenvalue weighted by molar-refractivity contribution is -0.111. The molecule has 1 heterocycles. The predicted octanol–water partition coefficient (Wildman–Crippen LogP) is 4.78. The fourth-order valence-electron chi connectivity index (χ4n) is 7.34. The number of fused-ring (bicyclic) bond motifs is 5. The van der Waals surface area contributed by atoms with Gasteiger partial charge in [-0.25, -0.2) is 4.68 Å². The maximum atomic E-state index is 12.1. The zero-order valence-electron chi connectivity index (χ0n) is 18.6. The summed E-state index contributed by atoms with van der Waals surface area (Å²) in [6.07, 6.45) is 7.97. The van der Waals surface area contributed by atoms with Crippen molar-refractivity contribution in [2.24, 2.45) is 17.3 Å². The number of phenols is 1. The molecule has 5 atom stereocenters. The molecule has 2 fully saturated rings.